The van der Waals surface area contributed by atoms with Crippen LogP contribution in [0, 0.1) is 5.92 Å². The molecule has 1 aromatic carbocycles. The number of sulfonamides is 1. The van der Waals surface area contributed by atoms with Crippen molar-refractivity contribution in [1.29, 1.82) is 0 Å². The molecule has 0 fully saturated rings. The minimum atomic E-state index is -3.45. The van der Waals surface area contributed by atoms with Crippen molar-refractivity contribution in [3.05, 3.63) is 29.8 Å². The Kier molecular flexibility index (Phi) is 5.59. The van der Waals surface area contributed by atoms with Gasteiger partial charge < -0.3 is 4.74 Å². The predicted molar refractivity (Wildman–Crippen MR) is 82.4 cm³/mol. The third-order valence-electron chi connectivity index (χ3n) is 3.25. The largest absolute Gasteiger partial charge is 0.493 e. The van der Waals surface area contributed by atoms with Gasteiger partial charge in [0.1, 0.15) is 5.75 Å². The van der Waals surface area contributed by atoms with Gasteiger partial charge in [-0.05, 0) is 29.5 Å². The van der Waals surface area contributed by atoms with E-state index in [0.717, 1.165) is 12.2 Å². The zero-order valence-corrected chi connectivity index (χ0v) is 13.5. The Hall–Kier alpha value is -1.07. The van der Waals surface area contributed by atoms with Crippen molar-refractivity contribution in [2.75, 3.05) is 12.4 Å². The van der Waals surface area contributed by atoms with Crippen LogP contribution in [0.15, 0.2) is 24.3 Å². The van der Waals surface area contributed by atoms with Crippen LogP contribution in [0.2, 0.25) is 0 Å². The lowest BCUT2D eigenvalue weighted by atomic mass is 9.87. The van der Waals surface area contributed by atoms with E-state index in [1.807, 2.05) is 31.2 Å². The molecule has 0 amide bonds. The summed E-state index contributed by atoms with van der Waals surface area (Å²) in [6, 6.07) is 7.92. The zero-order chi connectivity index (χ0) is 15.4. The number of nitrogens with two attached hydrogens (primary N) is 1. The quantitative estimate of drug-likeness (QED) is 0.878. The highest BCUT2D eigenvalue weighted by molar-refractivity contribution is 7.89. The van der Waals surface area contributed by atoms with Gasteiger partial charge in [-0.3, -0.25) is 0 Å². The van der Waals surface area contributed by atoms with E-state index in [1.165, 1.54) is 5.56 Å². The van der Waals surface area contributed by atoms with E-state index in [1.54, 1.807) is 0 Å². The Morgan fingerprint density at radius 2 is 1.75 bits per heavy atom. The molecule has 0 aliphatic carbocycles. The summed E-state index contributed by atoms with van der Waals surface area (Å²) in [7, 11) is -3.45. The lowest BCUT2D eigenvalue weighted by Crippen LogP contribution is -2.26. The van der Waals surface area contributed by atoms with Crippen LogP contribution in [0.1, 0.15) is 39.7 Å². The van der Waals surface area contributed by atoms with Crippen molar-refractivity contribution in [1.82, 2.24) is 0 Å². The maximum absolute atomic E-state index is 11.1. The molecule has 0 radical (unpaired) electrons. The normalized spacial score (nSPS) is 14.1. The Morgan fingerprint density at radius 1 is 1.20 bits per heavy atom. The van der Waals surface area contributed by atoms with Gasteiger partial charge in [-0.1, -0.05) is 39.8 Å². The first kappa shape index (κ1) is 17.0. The summed E-state index contributed by atoms with van der Waals surface area (Å²) in [5, 5.41) is 5.07. The minimum Gasteiger partial charge on any atom is -0.493 e. The highest BCUT2D eigenvalue weighted by Crippen LogP contribution is 2.24. The van der Waals surface area contributed by atoms with Crippen molar-refractivity contribution in [3.8, 4) is 5.75 Å². The molecule has 114 valence electrons. The van der Waals surface area contributed by atoms with Crippen LogP contribution in [-0.2, 0) is 15.4 Å². The first-order valence-corrected chi connectivity index (χ1v) is 8.57. The van der Waals surface area contributed by atoms with Gasteiger partial charge in [0.15, 0.2) is 0 Å². The summed E-state index contributed by atoms with van der Waals surface area (Å²) >= 11 is 0. The Balaban J connectivity index is 2.61. The average molecular weight is 299 g/mol. The molecule has 0 bridgehead atoms. The summed E-state index contributed by atoms with van der Waals surface area (Å²) in [6.07, 6.45) is 0.719. The lowest BCUT2D eigenvalue weighted by molar-refractivity contribution is 0.257. The monoisotopic (exact) mass is 299 g/mol. The van der Waals surface area contributed by atoms with Crippen molar-refractivity contribution >= 4 is 10.0 Å². The smallest absolute Gasteiger partial charge is 0.209 e. The van der Waals surface area contributed by atoms with E-state index in [9.17, 15) is 8.42 Å². The van der Waals surface area contributed by atoms with Crippen molar-refractivity contribution in [2.24, 2.45) is 11.1 Å². The molecule has 4 nitrogen and oxygen atoms in total. The van der Waals surface area contributed by atoms with E-state index in [0.29, 0.717) is 6.61 Å². The fourth-order valence-electron chi connectivity index (χ4n) is 1.88. The molecular weight excluding hydrogens is 274 g/mol. The van der Waals surface area contributed by atoms with Crippen LogP contribution in [0.4, 0.5) is 0 Å². The highest BCUT2D eigenvalue weighted by atomic mass is 32.2. The molecule has 2 N–H and O–H groups in total. The molecule has 0 saturated carbocycles. The van der Waals surface area contributed by atoms with Crippen molar-refractivity contribution < 1.29 is 13.2 Å². The van der Waals surface area contributed by atoms with Gasteiger partial charge in [0.05, 0.1) is 12.4 Å². The molecule has 0 aliphatic rings. The molecule has 5 heteroatoms. The molecule has 1 aromatic rings. The first-order chi connectivity index (χ1) is 9.12. The van der Waals surface area contributed by atoms with Crippen molar-refractivity contribution in [2.45, 2.75) is 39.5 Å². The SMILES string of the molecule is CCC(COc1ccc(C(C)(C)C)cc1)CS(N)(=O)=O. The number of ether oxygens (including phenoxy) is 1. The van der Waals surface area contributed by atoms with Gasteiger partial charge in [0, 0.05) is 5.92 Å². The highest BCUT2D eigenvalue weighted by Gasteiger charge is 2.16. The topological polar surface area (TPSA) is 69.4 Å². The van der Waals surface area contributed by atoms with Crippen LogP contribution >= 0.6 is 0 Å². The lowest BCUT2D eigenvalue weighted by Gasteiger charge is -2.20. The molecule has 1 rings (SSSR count). The van der Waals surface area contributed by atoms with E-state index >= 15 is 0 Å². The average Bonchev–Trinajstić information content (AvgIpc) is 2.32. The maximum Gasteiger partial charge on any atom is 0.209 e. The number of hydrogen-bond acceptors (Lipinski definition) is 3. The van der Waals surface area contributed by atoms with Crippen LogP contribution in [0.25, 0.3) is 0 Å². The van der Waals surface area contributed by atoms with Crippen LogP contribution in [0.3, 0.4) is 0 Å². The van der Waals surface area contributed by atoms with E-state index in [2.05, 4.69) is 20.8 Å². The summed E-state index contributed by atoms with van der Waals surface area (Å²) < 4.78 is 27.8. The van der Waals surface area contributed by atoms with Crippen LogP contribution in [0.5, 0.6) is 5.75 Å². The van der Waals surface area contributed by atoms with E-state index in [-0.39, 0.29) is 17.1 Å². The maximum atomic E-state index is 11.1. The molecular formula is C15H25NO3S. The molecule has 0 spiro atoms. The number of benzene rings is 1. The van der Waals surface area contributed by atoms with Crippen LogP contribution < -0.4 is 9.88 Å². The van der Waals surface area contributed by atoms with Gasteiger partial charge in [0.2, 0.25) is 10.0 Å². The third-order valence-corrected chi connectivity index (χ3v) is 4.19. The summed E-state index contributed by atoms with van der Waals surface area (Å²) in [4.78, 5) is 0. The zero-order valence-electron chi connectivity index (χ0n) is 12.7. The van der Waals surface area contributed by atoms with Gasteiger partial charge >= 0.3 is 0 Å². The van der Waals surface area contributed by atoms with E-state index in [4.69, 9.17) is 9.88 Å². The van der Waals surface area contributed by atoms with Gasteiger partial charge in [-0.25, -0.2) is 13.6 Å². The molecule has 0 saturated heterocycles. The second kappa shape index (κ2) is 6.59. The van der Waals surface area contributed by atoms with Gasteiger partial charge in [-0.2, -0.15) is 0 Å². The molecule has 0 heterocycles. The summed E-state index contributed by atoms with van der Waals surface area (Å²) in [5.74, 6) is 0.641. The fraction of sp³-hybridized carbons (Fsp3) is 0.600. The molecule has 0 aliphatic heterocycles. The number of hydrogen-bond donors (Lipinski definition) is 1. The summed E-state index contributed by atoms with van der Waals surface area (Å²) in [5.41, 5.74) is 1.35. The number of primary sulfonamides is 1. The molecule has 1 atom stereocenters. The Labute approximate surface area is 122 Å². The first-order valence-electron chi connectivity index (χ1n) is 6.85. The predicted octanol–water partition coefficient (Wildman–Crippen LogP) is 2.68. The van der Waals surface area contributed by atoms with Gasteiger partial charge in [0.25, 0.3) is 0 Å². The second-order valence-corrected chi connectivity index (χ2v) is 7.85. The van der Waals surface area contributed by atoms with Crippen LogP contribution in [-0.4, -0.2) is 20.8 Å². The minimum absolute atomic E-state index is 0.0381. The third kappa shape index (κ3) is 5.92. The molecule has 0 aromatic heterocycles. The standard InChI is InChI=1S/C15H25NO3S/c1-5-12(11-20(16,17)18)10-19-14-8-6-13(7-9-14)15(2,3)4/h6-9,12H,5,10-11H2,1-4H3,(H2,16,17,18). The fourth-order valence-corrected chi connectivity index (χ4v) is 2.87. The summed E-state index contributed by atoms with van der Waals surface area (Å²) in [6.45, 7) is 8.76. The number of rotatable bonds is 6. The van der Waals surface area contributed by atoms with E-state index < -0.39 is 10.0 Å². The van der Waals surface area contributed by atoms with Gasteiger partial charge in [-0.15, -0.1) is 0 Å². The Bertz CT molecular complexity index is 515. The van der Waals surface area contributed by atoms with Crippen molar-refractivity contribution in [3.63, 3.8) is 0 Å². The second-order valence-electron chi connectivity index (χ2n) is 6.19. The molecule has 1 unspecified atom stereocenters. The molecule has 20 heavy (non-hydrogen) atoms. The Morgan fingerprint density at radius 3 is 2.15 bits per heavy atom.